The number of rotatable bonds is 5. The van der Waals surface area contributed by atoms with E-state index in [9.17, 15) is 0 Å². The number of hydrogen-bond acceptors (Lipinski definition) is 8. The number of morpholine rings is 1. The zero-order valence-electron chi connectivity index (χ0n) is 16.4. The highest BCUT2D eigenvalue weighted by Gasteiger charge is 2.20. The second kappa shape index (κ2) is 7.38. The summed E-state index contributed by atoms with van der Waals surface area (Å²) in [5, 5.41) is 13.4. The van der Waals surface area contributed by atoms with Crippen LogP contribution >= 0.6 is 11.3 Å². The van der Waals surface area contributed by atoms with E-state index >= 15 is 0 Å². The summed E-state index contributed by atoms with van der Waals surface area (Å²) in [5.41, 5.74) is 1.26. The fraction of sp³-hybridized carbons (Fsp3) is 0.579. The van der Waals surface area contributed by atoms with Crippen LogP contribution < -0.4 is 5.32 Å². The molecule has 0 radical (unpaired) electrons. The first-order valence-electron chi connectivity index (χ1n) is 9.90. The molecule has 28 heavy (non-hydrogen) atoms. The van der Waals surface area contributed by atoms with E-state index in [4.69, 9.17) is 14.7 Å². The molecule has 148 valence electrons. The number of aromatic nitrogens is 5. The Bertz CT molecular complexity index is 1010. The Morgan fingerprint density at radius 2 is 1.96 bits per heavy atom. The SMILES string of the molecule is Cc1sc2nc(CN3CCOCC3)nc(NCc3nnc4n3CCC4)c2c1C. The van der Waals surface area contributed by atoms with E-state index in [-0.39, 0.29) is 0 Å². The van der Waals surface area contributed by atoms with Crippen LogP contribution in [0.15, 0.2) is 0 Å². The van der Waals surface area contributed by atoms with Crippen LogP contribution in [0, 0.1) is 13.8 Å². The fourth-order valence-electron chi connectivity index (χ4n) is 3.96. The maximum atomic E-state index is 5.46. The van der Waals surface area contributed by atoms with Crippen molar-refractivity contribution in [3.63, 3.8) is 0 Å². The molecule has 8 nitrogen and oxygen atoms in total. The van der Waals surface area contributed by atoms with Crippen molar-refractivity contribution in [2.75, 3.05) is 31.6 Å². The van der Waals surface area contributed by atoms with Gasteiger partial charge in [-0.15, -0.1) is 21.5 Å². The molecule has 2 aliphatic heterocycles. The Hall–Kier alpha value is -2.10. The van der Waals surface area contributed by atoms with Crippen molar-refractivity contribution in [3.8, 4) is 0 Å². The van der Waals surface area contributed by atoms with E-state index in [1.807, 2.05) is 0 Å². The molecular formula is C19H25N7OS. The van der Waals surface area contributed by atoms with Crippen LogP contribution in [0.5, 0.6) is 0 Å². The lowest BCUT2D eigenvalue weighted by Crippen LogP contribution is -2.36. The lowest BCUT2D eigenvalue weighted by molar-refractivity contribution is 0.0331. The number of aryl methyl sites for hydroxylation is 3. The molecule has 5 heterocycles. The minimum absolute atomic E-state index is 0.629. The van der Waals surface area contributed by atoms with Crippen LogP contribution in [0.4, 0.5) is 5.82 Å². The van der Waals surface area contributed by atoms with Crippen LogP contribution in [-0.4, -0.2) is 55.9 Å². The summed E-state index contributed by atoms with van der Waals surface area (Å²) in [6.07, 6.45) is 2.18. The average Bonchev–Trinajstić information content (AvgIpc) is 3.37. The molecular weight excluding hydrogens is 374 g/mol. The summed E-state index contributed by atoms with van der Waals surface area (Å²) >= 11 is 1.75. The van der Waals surface area contributed by atoms with Gasteiger partial charge in [0, 0.05) is 30.9 Å². The highest BCUT2D eigenvalue weighted by molar-refractivity contribution is 7.18. The third kappa shape index (κ3) is 3.27. The van der Waals surface area contributed by atoms with Crippen LogP contribution in [0.1, 0.15) is 34.3 Å². The minimum atomic E-state index is 0.629. The van der Waals surface area contributed by atoms with Gasteiger partial charge in [0.1, 0.15) is 22.3 Å². The molecule has 9 heteroatoms. The van der Waals surface area contributed by atoms with Crippen molar-refractivity contribution in [1.82, 2.24) is 29.6 Å². The first kappa shape index (κ1) is 18.0. The fourth-order valence-corrected chi connectivity index (χ4v) is 5.00. The van der Waals surface area contributed by atoms with E-state index in [0.717, 1.165) is 85.7 Å². The molecule has 1 fully saturated rings. The number of hydrogen-bond donors (Lipinski definition) is 1. The number of nitrogens with zero attached hydrogens (tertiary/aromatic N) is 6. The van der Waals surface area contributed by atoms with Gasteiger partial charge in [0.2, 0.25) is 0 Å². The molecule has 0 atom stereocenters. The van der Waals surface area contributed by atoms with Crippen molar-refractivity contribution in [1.29, 1.82) is 0 Å². The highest BCUT2D eigenvalue weighted by Crippen LogP contribution is 2.33. The second-order valence-electron chi connectivity index (χ2n) is 7.48. The highest BCUT2D eigenvalue weighted by atomic mass is 32.1. The van der Waals surface area contributed by atoms with Gasteiger partial charge in [-0.1, -0.05) is 0 Å². The maximum absolute atomic E-state index is 5.46. The number of nitrogens with one attached hydrogen (secondary N) is 1. The summed E-state index contributed by atoms with van der Waals surface area (Å²) < 4.78 is 7.69. The monoisotopic (exact) mass is 399 g/mol. The molecule has 0 aromatic carbocycles. The van der Waals surface area contributed by atoms with Crippen LogP contribution in [0.25, 0.3) is 10.2 Å². The number of anilines is 1. The lowest BCUT2D eigenvalue weighted by Gasteiger charge is -2.25. The van der Waals surface area contributed by atoms with Crippen molar-refractivity contribution in [2.45, 2.75) is 46.3 Å². The summed E-state index contributed by atoms with van der Waals surface area (Å²) in [7, 11) is 0. The molecule has 2 aliphatic rings. The summed E-state index contributed by atoms with van der Waals surface area (Å²) in [6, 6.07) is 0. The van der Waals surface area contributed by atoms with Gasteiger partial charge in [-0.25, -0.2) is 9.97 Å². The Kier molecular flexibility index (Phi) is 4.73. The zero-order valence-corrected chi connectivity index (χ0v) is 17.2. The van der Waals surface area contributed by atoms with Gasteiger partial charge in [-0.05, 0) is 25.8 Å². The molecule has 0 bridgehead atoms. The van der Waals surface area contributed by atoms with Crippen molar-refractivity contribution in [2.24, 2.45) is 0 Å². The molecule has 0 saturated carbocycles. The lowest BCUT2D eigenvalue weighted by atomic mass is 10.2. The van der Waals surface area contributed by atoms with Crippen molar-refractivity contribution >= 4 is 27.4 Å². The molecule has 0 aliphatic carbocycles. The third-order valence-electron chi connectivity index (χ3n) is 5.64. The van der Waals surface area contributed by atoms with E-state index in [1.54, 1.807) is 11.3 Å². The number of fused-ring (bicyclic) bond motifs is 2. The minimum Gasteiger partial charge on any atom is -0.379 e. The molecule has 3 aromatic rings. The predicted octanol–water partition coefficient (Wildman–Crippen LogP) is 2.29. The van der Waals surface area contributed by atoms with Gasteiger partial charge >= 0.3 is 0 Å². The second-order valence-corrected chi connectivity index (χ2v) is 8.68. The van der Waals surface area contributed by atoms with E-state index in [2.05, 4.69) is 38.8 Å². The number of ether oxygens (including phenoxy) is 1. The van der Waals surface area contributed by atoms with Gasteiger partial charge in [-0.3, -0.25) is 4.90 Å². The first-order valence-corrected chi connectivity index (χ1v) is 10.7. The maximum Gasteiger partial charge on any atom is 0.152 e. The Labute approximate surface area is 168 Å². The molecule has 1 N–H and O–H groups in total. The predicted molar refractivity (Wildman–Crippen MR) is 109 cm³/mol. The van der Waals surface area contributed by atoms with Crippen LogP contribution in [0.2, 0.25) is 0 Å². The van der Waals surface area contributed by atoms with Gasteiger partial charge in [0.25, 0.3) is 0 Å². The van der Waals surface area contributed by atoms with E-state index in [1.165, 1.54) is 10.4 Å². The standard InChI is InChI=1S/C19H25N7OS/c1-12-13(2)28-19-17(12)18(20-10-16-24-23-15-4-3-5-26(15)16)21-14(22-19)11-25-6-8-27-9-7-25/h3-11H2,1-2H3,(H,20,21,22). The van der Waals surface area contributed by atoms with Gasteiger partial charge < -0.3 is 14.6 Å². The average molecular weight is 400 g/mol. The quantitative estimate of drug-likeness (QED) is 0.705. The zero-order chi connectivity index (χ0) is 19.1. The molecule has 0 unspecified atom stereocenters. The van der Waals surface area contributed by atoms with Crippen molar-refractivity contribution in [3.05, 3.63) is 27.9 Å². The van der Waals surface area contributed by atoms with Crippen LogP contribution in [-0.2, 0) is 30.8 Å². The number of thiophene rings is 1. The van der Waals surface area contributed by atoms with E-state index < -0.39 is 0 Å². The van der Waals surface area contributed by atoms with Crippen molar-refractivity contribution < 1.29 is 4.74 Å². The van der Waals surface area contributed by atoms with Gasteiger partial charge in [-0.2, -0.15) is 0 Å². The van der Waals surface area contributed by atoms with Crippen LogP contribution in [0.3, 0.4) is 0 Å². The summed E-state index contributed by atoms with van der Waals surface area (Å²) in [5.74, 6) is 3.86. The molecule has 0 amide bonds. The smallest absolute Gasteiger partial charge is 0.152 e. The Morgan fingerprint density at radius 1 is 1.11 bits per heavy atom. The van der Waals surface area contributed by atoms with Gasteiger partial charge in [0.05, 0.1) is 31.7 Å². The molecule has 3 aromatic heterocycles. The Morgan fingerprint density at radius 3 is 2.82 bits per heavy atom. The topological polar surface area (TPSA) is 81.0 Å². The summed E-state index contributed by atoms with van der Waals surface area (Å²) in [4.78, 5) is 14.5. The molecule has 1 saturated heterocycles. The van der Waals surface area contributed by atoms with Gasteiger partial charge in [0.15, 0.2) is 5.82 Å². The normalized spacial score (nSPS) is 17.4. The molecule has 0 spiro atoms. The van der Waals surface area contributed by atoms with E-state index in [0.29, 0.717) is 6.54 Å². The third-order valence-corrected chi connectivity index (χ3v) is 6.74. The summed E-state index contributed by atoms with van der Waals surface area (Å²) in [6.45, 7) is 10.1. The first-order chi connectivity index (χ1) is 13.7. The molecule has 5 rings (SSSR count). The Balaban J connectivity index is 1.44. The largest absolute Gasteiger partial charge is 0.379 e.